The number of aliphatic hydroxyl groups excluding tert-OH is 1. The number of hydrogen-bond donors (Lipinski definition) is 2. The number of carboxylic acids is 1. The second-order valence-electron chi connectivity index (χ2n) is 6.05. The molecule has 8 heteroatoms. The molecule has 3 rings (SSSR count). The smallest absolute Gasteiger partial charge is 0.341 e. The summed E-state index contributed by atoms with van der Waals surface area (Å²) in [6.07, 6.45) is 2.39. The van der Waals surface area contributed by atoms with Crippen LogP contribution in [0, 0.1) is 11.6 Å². The maximum atomic E-state index is 15.2. The van der Waals surface area contributed by atoms with Gasteiger partial charge in [0.15, 0.2) is 5.82 Å². The van der Waals surface area contributed by atoms with E-state index in [4.69, 9.17) is 5.11 Å². The lowest BCUT2D eigenvalue weighted by molar-refractivity contribution is 0.0695. The summed E-state index contributed by atoms with van der Waals surface area (Å²) in [7, 11) is 0. The Morgan fingerprint density at radius 3 is 2.72 bits per heavy atom. The number of benzene rings is 1. The molecule has 1 aromatic carbocycles. The van der Waals surface area contributed by atoms with Crippen molar-refractivity contribution in [3.63, 3.8) is 0 Å². The SMILES string of the molecule is CCn1cc(C(=O)O)c(=O)c2cc(F)c(N3CCCC3CO)c(F)c21. The van der Waals surface area contributed by atoms with Gasteiger partial charge in [-0.2, -0.15) is 0 Å². The number of aliphatic hydroxyl groups is 1. The standard InChI is InChI=1S/C17H18F2N2O4/c1-2-20-7-11(17(24)25)16(23)10-6-12(18)15(13(19)14(10)20)21-5-3-4-9(21)8-22/h6-7,9,22H,2-5,8H2,1H3,(H,24,25). The number of aromatic nitrogens is 1. The van der Waals surface area contributed by atoms with Gasteiger partial charge in [0.1, 0.15) is 17.1 Å². The first-order chi connectivity index (χ1) is 11.9. The molecule has 1 aromatic heterocycles. The molecule has 2 heterocycles. The first-order valence-electron chi connectivity index (χ1n) is 8.06. The van der Waals surface area contributed by atoms with E-state index in [0.29, 0.717) is 19.4 Å². The van der Waals surface area contributed by atoms with Gasteiger partial charge in [0.05, 0.1) is 23.6 Å². The van der Waals surface area contributed by atoms with Gasteiger partial charge in [0.2, 0.25) is 5.43 Å². The number of aromatic carboxylic acids is 1. The van der Waals surface area contributed by atoms with Crippen LogP contribution in [0.4, 0.5) is 14.5 Å². The third-order valence-corrected chi connectivity index (χ3v) is 4.68. The molecule has 0 spiro atoms. The number of rotatable bonds is 4. The summed E-state index contributed by atoms with van der Waals surface area (Å²) in [5.41, 5.74) is -1.86. The topological polar surface area (TPSA) is 82.8 Å². The van der Waals surface area contributed by atoms with Crippen LogP contribution < -0.4 is 10.3 Å². The molecule has 1 aliphatic rings. The molecule has 1 atom stereocenters. The minimum Gasteiger partial charge on any atom is -0.477 e. The number of pyridine rings is 1. The van der Waals surface area contributed by atoms with Crippen LogP contribution in [0.25, 0.3) is 10.9 Å². The van der Waals surface area contributed by atoms with E-state index in [1.54, 1.807) is 6.92 Å². The maximum Gasteiger partial charge on any atom is 0.341 e. The third kappa shape index (κ3) is 2.66. The molecular formula is C17H18F2N2O4. The van der Waals surface area contributed by atoms with Crippen molar-refractivity contribution in [1.82, 2.24) is 4.57 Å². The monoisotopic (exact) mass is 352 g/mol. The minimum absolute atomic E-state index is 0.127. The Morgan fingerprint density at radius 2 is 2.12 bits per heavy atom. The van der Waals surface area contributed by atoms with Gasteiger partial charge in [-0.05, 0) is 25.8 Å². The van der Waals surface area contributed by atoms with Gasteiger partial charge in [0.25, 0.3) is 0 Å². The third-order valence-electron chi connectivity index (χ3n) is 4.68. The number of anilines is 1. The number of aryl methyl sites for hydroxylation is 1. The fourth-order valence-electron chi connectivity index (χ4n) is 3.46. The zero-order chi connectivity index (χ0) is 18.3. The van der Waals surface area contributed by atoms with E-state index in [-0.39, 0.29) is 35.8 Å². The lowest BCUT2D eigenvalue weighted by Gasteiger charge is -2.27. The Bertz CT molecular complexity index is 910. The minimum atomic E-state index is -1.45. The zero-order valence-corrected chi connectivity index (χ0v) is 13.6. The molecule has 1 saturated heterocycles. The molecule has 0 saturated carbocycles. The van der Waals surface area contributed by atoms with Gasteiger partial charge in [-0.15, -0.1) is 0 Å². The summed E-state index contributed by atoms with van der Waals surface area (Å²) in [5, 5.41) is 18.3. The van der Waals surface area contributed by atoms with Crippen LogP contribution in [0.5, 0.6) is 0 Å². The summed E-state index contributed by atoms with van der Waals surface area (Å²) in [5.74, 6) is -3.29. The first-order valence-corrected chi connectivity index (χ1v) is 8.06. The highest BCUT2D eigenvalue weighted by atomic mass is 19.1. The molecule has 2 N–H and O–H groups in total. The zero-order valence-electron chi connectivity index (χ0n) is 13.6. The largest absolute Gasteiger partial charge is 0.477 e. The van der Waals surface area contributed by atoms with E-state index in [1.165, 1.54) is 9.47 Å². The van der Waals surface area contributed by atoms with E-state index < -0.39 is 28.6 Å². The Hall–Kier alpha value is -2.48. The average Bonchev–Trinajstić information content (AvgIpc) is 3.03. The normalized spacial score (nSPS) is 17.4. The summed E-state index contributed by atoms with van der Waals surface area (Å²) in [4.78, 5) is 25.0. The van der Waals surface area contributed by atoms with Crippen LogP contribution in [0.3, 0.4) is 0 Å². The quantitative estimate of drug-likeness (QED) is 0.879. The second kappa shape index (κ2) is 6.44. The van der Waals surface area contributed by atoms with E-state index in [2.05, 4.69) is 0 Å². The predicted molar refractivity (Wildman–Crippen MR) is 88.2 cm³/mol. The van der Waals surface area contributed by atoms with Crippen LogP contribution in [0.2, 0.25) is 0 Å². The molecule has 25 heavy (non-hydrogen) atoms. The van der Waals surface area contributed by atoms with E-state index in [1.807, 2.05) is 0 Å². The van der Waals surface area contributed by atoms with Crippen molar-refractivity contribution in [2.24, 2.45) is 0 Å². The van der Waals surface area contributed by atoms with Gasteiger partial charge in [-0.25, -0.2) is 13.6 Å². The van der Waals surface area contributed by atoms with Crippen LogP contribution in [-0.4, -0.2) is 39.9 Å². The Kier molecular flexibility index (Phi) is 4.47. The van der Waals surface area contributed by atoms with Crippen LogP contribution in [0.1, 0.15) is 30.1 Å². The summed E-state index contributed by atoms with van der Waals surface area (Å²) >= 11 is 0. The predicted octanol–water partition coefficient (Wildman–Crippen LogP) is 1.96. The van der Waals surface area contributed by atoms with Gasteiger partial charge in [-0.3, -0.25) is 4.79 Å². The van der Waals surface area contributed by atoms with Crippen molar-refractivity contribution >= 4 is 22.6 Å². The number of halogens is 2. The molecular weight excluding hydrogens is 334 g/mol. The fraction of sp³-hybridized carbons (Fsp3) is 0.412. The Labute approximate surface area is 141 Å². The number of carbonyl (C=O) groups is 1. The highest BCUT2D eigenvalue weighted by molar-refractivity contribution is 5.93. The molecule has 0 bridgehead atoms. The molecule has 6 nitrogen and oxygen atoms in total. The summed E-state index contributed by atoms with van der Waals surface area (Å²) in [6.45, 7) is 2.05. The van der Waals surface area contributed by atoms with Gasteiger partial charge in [-0.1, -0.05) is 0 Å². The first kappa shape index (κ1) is 17.3. The molecule has 0 radical (unpaired) electrons. The van der Waals surface area contributed by atoms with E-state index in [9.17, 15) is 19.1 Å². The molecule has 2 aromatic rings. The van der Waals surface area contributed by atoms with Crippen molar-refractivity contribution in [3.8, 4) is 0 Å². The molecule has 1 aliphatic heterocycles. The van der Waals surface area contributed by atoms with Crippen molar-refractivity contribution < 1.29 is 23.8 Å². The van der Waals surface area contributed by atoms with E-state index in [0.717, 1.165) is 12.3 Å². The fourth-order valence-corrected chi connectivity index (χ4v) is 3.46. The summed E-state index contributed by atoms with van der Waals surface area (Å²) in [6, 6.07) is 0.503. The number of hydrogen-bond acceptors (Lipinski definition) is 4. The maximum absolute atomic E-state index is 15.2. The molecule has 0 aliphatic carbocycles. The van der Waals surface area contributed by atoms with Crippen molar-refractivity contribution in [1.29, 1.82) is 0 Å². The number of nitrogens with zero attached hydrogens (tertiary/aromatic N) is 2. The van der Waals surface area contributed by atoms with Crippen molar-refractivity contribution in [2.45, 2.75) is 32.4 Å². The van der Waals surface area contributed by atoms with Gasteiger partial charge < -0.3 is 19.7 Å². The Morgan fingerprint density at radius 1 is 1.40 bits per heavy atom. The average molecular weight is 352 g/mol. The van der Waals surface area contributed by atoms with Crippen LogP contribution >= 0.6 is 0 Å². The molecule has 1 unspecified atom stereocenters. The number of carboxylic acid groups (broad SMARTS) is 1. The van der Waals surface area contributed by atoms with Crippen LogP contribution in [0.15, 0.2) is 17.1 Å². The van der Waals surface area contributed by atoms with Gasteiger partial charge >= 0.3 is 5.97 Å². The lowest BCUT2D eigenvalue weighted by atomic mass is 10.1. The van der Waals surface area contributed by atoms with Gasteiger partial charge in [0, 0.05) is 19.3 Å². The van der Waals surface area contributed by atoms with Crippen LogP contribution in [-0.2, 0) is 6.54 Å². The van der Waals surface area contributed by atoms with Crippen molar-refractivity contribution in [2.75, 3.05) is 18.1 Å². The highest BCUT2D eigenvalue weighted by Gasteiger charge is 2.31. The number of fused-ring (bicyclic) bond motifs is 1. The molecule has 134 valence electrons. The van der Waals surface area contributed by atoms with E-state index >= 15 is 4.39 Å². The highest BCUT2D eigenvalue weighted by Crippen LogP contribution is 2.34. The molecule has 1 fully saturated rings. The van der Waals surface area contributed by atoms with Crippen molar-refractivity contribution in [3.05, 3.63) is 39.7 Å². The summed E-state index contributed by atoms with van der Waals surface area (Å²) < 4.78 is 31.1. The molecule has 0 amide bonds. The lowest BCUT2D eigenvalue weighted by Crippen LogP contribution is -2.34. The second-order valence-corrected chi connectivity index (χ2v) is 6.05. The Balaban J connectivity index is 2.35.